The van der Waals surface area contributed by atoms with Gasteiger partial charge in [-0.2, -0.15) is 0 Å². The summed E-state index contributed by atoms with van der Waals surface area (Å²) in [6.07, 6.45) is 3.37. The summed E-state index contributed by atoms with van der Waals surface area (Å²) in [5, 5.41) is 2.91. The third kappa shape index (κ3) is 6.98. The minimum absolute atomic E-state index is 0.0722. The smallest absolute Gasteiger partial charge is 0.230 e. The molecule has 0 aromatic heterocycles. The van der Waals surface area contributed by atoms with Gasteiger partial charge >= 0.3 is 0 Å². The summed E-state index contributed by atoms with van der Waals surface area (Å²) in [7, 11) is 0. The molecule has 21 heavy (non-hydrogen) atoms. The number of nitrogens with one attached hydrogen (secondary N) is 1. The lowest BCUT2D eigenvalue weighted by Crippen LogP contribution is -2.27. The van der Waals surface area contributed by atoms with Crippen molar-refractivity contribution in [1.29, 1.82) is 0 Å². The van der Waals surface area contributed by atoms with Gasteiger partial charge in [0.05, 0.1) is 18.5 Å². The van der Waals surface area contributed by atoms with Gasteiger partial charge in [-0.1, -0.05) is 18.2 Å². The third-order valence-corrected chi connectivity index (χ3v) is 4.24. The van der Waals surface area contributed by atoms with Gasteiger partial charge in [-0.25, -0.2) is 0 Å². The van der Waals surface area contributed by atoms with Crippen LogP contribution in [0.2, 0.25) is 0 Å². The molecule has 2 rings (SSSR count). The molecule has 1 N–H and O–H groups in total. The van der Waals surface area contributed by atoms with Gasteiger partial charge in [0, 0.05) is 24.7 Å². The molecule has 1 aromatic carbocycles. The van der Waals surface area contributed by atoms with Gasteiger partial charge in [-0.15, -0.1) is 11.8 Å². The Balaban J connectivity index is 1.44. The fourth-order valence-electron chi connectivity index (χ4n) is 2.11. The first kappa shape index (κ1) is 16.3. The predicted molar refractivity (Wildman–Crippen MR) is 84.6 cm³/mol. The first-order valence-corrected chi connectivity index (χ1v) is 8.47. The minimum atomic E-state index is 0.0722. The molecule has 1 fully saturated rings. The van der Waals surface area contributed by atoms with E-state index in [9.17, 15) is 4.79 Å². The zero-order valence-corrected chi connectivity index (χ0v) is 13.1. The quantitative estimate of drug-likeness (QED) is 0.562. The summed E-state index contributed by atoms with van der Waals surface area (Å²) < 4.78 is 11.0. The van der Waals surface area contributed by atoms with Crippen LogP contribution >= 0.6 is 11.8 Å². The maximum Gasteiger partial charge on any atom is 0.230 e. The monoisotopic (exact) mass is 309 g/mol. The summed E-state index contributed by atoms with van der Waals surface area (Å²) >= 11 is 1.55. The number of rotatable bonds is 9. The van der Waals surface area contributed by atoms with Gasteiger partial charge in [0.2, 0.25) is 5.91 Å². The van der Waals surface area contributed by atoms with E-state index in [1.807, 2.05) is 30.3 Å². The molecular formula is C16H23NO3S. The van der Waals surface area contributed by atoms with Gasteiger partial charge in [-0.05, 0) is 31.4 Å². The highest BCUT2D eigenvalue weighted by Crippen LogP contribution is 2.16. The Morgan fingerprint density at radius 1 is 1.38 bits per heavy atom. The molecule has 1 aromatic rings. The van der Waals surface area contributed by atoms with E-state index < -0.39 is 0 Å². The number of amides is 1. The fraction of sp³-hybridized carbons (Fsp3) is 0.562. The number of benzene rings is 1. The van der Waals surface area contributed by atoms with E-state index in [1.165, 1.54) is 0 Å². The Kier molecular flexibility index (Phi) is 7.63. The SMILES string of the molecule is O=C(CSc1ccccc1)NCCCOCC1CCCO1. The molecule has 0 radical (unpaired) electrons. The highest BCUT2D eigenvalue weighted by molar-refractivity contribution is 8.00. The van der Waals surface area contributed by atoms with E-state index in [-0.39, 0.29) is 12.0 Å². The van der Waals surface area contributed by atoms with Crippen LogP contribution in [0.5, 0.6) is 0 Å². The summed E-state index contributed by atoms with van der Waals surface area (Å²) in [6.45, 7) is 2.88. The lowest BCUT2D eigenvalue weighted by molar-refractivity contribution is -0.118. The predicted octanol–water partition coefficient (Wildman–Crippen LogP) is 2.48. The van der Waals surface area contributed by atoms with Crippen LogP contribution in [0.25, 0.3) is 0 Å². The zero-order chi connectivity index (χ0) is 14.8. The van der Waals surface area contributed by atoms with E-state index >= 15 is 0 Å². The van der Waals surface area contributed by atoms with Crippen LogP contribution in [0.1, 0.15) is 19.3 Å². The Hall–Kier alpha value is -1.04. The number of ether oxygens (including phenoxy) is 2. The van der Waals surface area contributed by atoms with Gasteiger partial charge in [0.1, 0.15) is 0 Å². The Morgan fingerprint density at radius 2 is 2.24 bits per heavy atom. The van der Waals surface area contributed by atoms with Crippen molar-refractivity contribution in [3.05, 3.63) is 30.3 Å². The lowest BCUT2D eigenvalue weighted by Gasteiger charge is -2.10. The van der Waals surface area contributed by atoms with Gasteiger partial charge in [0.25, 0.3) is 0 Å². The number of carbonyl (C=O) groups excluding carboxylic acids is 1. The summed E-state index contributed by atoms with van der Waals surface area (Å²) in [5.74, 6) is 0.531. The molecule has 5 heteroatoms. The van der Waals surface area contributed by atoms with E-state index in [2.05, 4.69) is 5.32 Å². The Morgan fingerprint density at radius 3 is 3.00 bits per heavy atom. The van der Waals surface area contributed by atoms with Crippen molar-refractivity contribution in [2.75, 3.05) is 32.1 Å². The average molecular weight is 309 g/mol. The van der Waals surface area contributed by atoms with Crippen molar-refractivity contribution in [3.63, 3.8) is 0 Å². The highest BCUT2D eigenvalue weighted by Gasteiger charge is 2.14. The van der Waals surface area contributed by atoms with Crippen molar-refractivity contribution >= 4 is 17.7 Å². The van der Waals surface area contributed by atoms with Crippen LogP contribution in [0.3, 0.4) is 0 Å². The maximum absolute atomic E-state index is 11.7. The van der Waals surface area contributed by atoms with Crippen LogP contribution < -0.4 is 5.32 Å². The molecule has 0 bridgehead atoms. The molecule has 1 amide bonds. The number of thioether (sulfide) groups is 1. The van der Waals surface area contributed by atoms with Crippen molar-refractivity contribution < 1.29 is 14.3 Å². The average Bonchev–Trinajstić information content (AvgIpc) is 3.03. The van der Waals surface area contributed by atoms with Crippen LogP contribution in [0, 0.1) is 0 Å². The van der Waals surface area contributed by atoms with Crippen molar-refractivity contribution in [2.24, 2.45) is 0 Å². The normalized spacial score (nSPS) is 17.8. The molecule has 0 spiro atoms. The van der Waals surface area contributed by atoms with E-state index in [0.29, 0.717) is 25.5 Å². The van der Waals surface area contributed by atoms with Crippen LogP contribution in [-0.4, -0.2) is 44.1 Å². The first-order valence-electron chi connectivity index (χ1n) is 7.48. The van der Waals surface area contributed by atoms with Crippen LogP contribution in [-0.2, 0) is 14.3 Å². The van der Waals surface area contributed by atoms with Gasteiger partial charge < -0.3 is 14.8 Å². The first-order chi connectivity index (χ1) is 10.3. The Labute approximate surface area is 130 Å². The van der Waals surface area contributed by atoms with Crippen LogP contribution in [0.15, 0.2) is 35.2 Å². The standard InChI is InChI=1S/C16H23NO3S/c18-16(13-21-15-7-2-1-3-8-15)17-9-5-10-19-12-14-6-4-11-20-14/h1-3,7-8,14H,4-6,9-13H2,(H,17,18). The molecule has 116 valence electrons. The zero-order valence-electron chi connectivity index (χ0n) is 12.3. The number of hydrogen-bond acceptors (Lipinski definition) is 4. The molecule has 1 aliphatic rings. The maximum atomic E-state index is 11.7. The fourth-order valence-corrected chi connectivity index (χ4v) is 2.86. The molecule has 0 saturated carbocycles. The van der Waals surface area contributed by atoms with E-state index in [1.54, 1.807) is 11.8 Å². The number of hydrogen-bond donors (Lipinski definition) is 1. The molecule has 4 nitrogen and oxygen atoms in total. The second-order valence-electron chi connectivity index (χ2n) is 5.02. The molecule has 1 saturated heterocycles. The molecular weight excluding hydrogens is 286 g/mol. The second kappa shape index (κ2) is 9.82. The molecule has 1 atom stereocenters. The largest absolute Gasteiger partial charge is 0.379 e. The van der Waals surface area contributed by atoms with Crippen molar-refractivity contribution in [3.8, 4) is 0 Å². The lowest BCUT2D eigenvalue weighted by atomic mass is 10.2. The summed E-state index contributed by atoms with van der Waals surface area (Å²) in [4.78, 5) is 12.8. The van der Waals surface area contributed by atoms with Gasteiger partial charge in [0.15, 0.2) is 0 Å². The van der Waals surface area contributed by atoms with Crippen molar-refractivity contribution in [2.45, 2.75) is 30.3 Å². The number of carbonyl (C=O) groups is 1. The molecule has 1 aliphatic heterocycles. The van der Waals surface area contributed by atoms with Crippen LogP contribution in [0.4, 0.5) is 0 Å². The molecule has 1 unspecified atom stereocenters. The minimum Gasteiger partial charge on any atom is -0.379 e. The van der Waals surface area contributed by atoms with Crippen molar-refractivity contribution in [1.82, 2.24) is 5.32 Å². The summed E-state index contributed by atoms with van der Waals surface area (Å²) in [6, 6.07) is 9.95. The Bertz CT molecular complexity index is 407. The highest BCUT2D eigenvalue weighted by atomic mass is 32.2. The summed E-state index contributed by atoms with van der Waals surface area (Å²) in [5.41, 5.74) is 0. The van der Waals surface area contributed by atoms with E-state index in [0.717, 1.165) is 30.8 Å². The third-order valence-electron chi connectivity index (χ3n) is 3.23. The topological polar surface area (TPSA) is 47.6 Å². The van der Waals surface area contributed by atoms with Gasteiger partial charge in [-0.3, -0.25) is 4.79 Å². The molecule has 1 heterocycles. The second-order valence-corrected chi connectivity index (χ2v) is 6.06. The molecule has 0 aliphatic carbocycles. The van der Waals surface area contributed by atoms with E-state index in [4.69, 9.17) is 9.47 Å².